The number of carbonyl (C=O) groups is 2. The lowest BCUT2D eigenvalue weighted by Gasteiger charge is -2.50. The third kappa shape index (κ3) is 7.53. The lowest BCUT2D eigenvalue weighted by molar-refractivity contribution is -0.133. The summed E-state index contributed by atoms with van der Waals surface area (Å²) in [6.45, 7) is 15.0. The summed E-state index contributed by atoms with van der Waals surface area (Å²) in [6, 6.07) is 12.5. The quantitative estimate of drug-likeness (QED) is 0.382. The lowest BCUT2D eigenvalue weighted by Crippen LogP contribution is -2.63. The molecule has 1 unspecified atom stereocenters. The molecule has 0 radical (unpaired) electrons. The van der Waals surface area contributed by atoms with E-state index in [1.807, 2.05) is 36.1 Å². The van der Waals surface area contributed by atoms with E-state index < -0.39 is 9.71 Å². The van der Waals surface area contributed by atoms with Crippen molar-refractivity contribution in [2.24, 2.45) is 23.7 Å². The van der Waals surface area contributed by atoms with Gasteiger partial charge in [-0.2, -0.15) is 0 Å². The second-order valence-electron chi connectivity index (χ2n) is 17.7. The van der Waals surface area contributed by atoms with Crippen molar-refractivity contribution in [3.63, 3.8) is 0 Å². The van der Waals surface area contributed by atoms with Crippen molar-refractivity contribution in [1.29, 1.82) is 0 Å². The molecule has 1 spiro atoms. The summed E-state index contributed by atoms with van der Waals surface area (Å²) in [4.78, 5) is 36.0. The van der Waals surface area contributed by atoms with E-state index in [2.05, 4.69) is 44.3 Å². The van der Waals surface area contributed by atoms with Crippen LogP contribution >= 0.6 is 11.6 Å². The zero-order valence-electron chi connectivity index (χ0n) is 32.6. The Morgan fingerprint density at radius 2 is 1.85 bits per heavy atom. The number of hydrogen-bond acceptors (Lipinski definition) is 7. The summed E-state index contributed by atoms with van der Waals surface area (Å²) in [6.07, 6.45) is 8.72. The van der Waals surface area contributed by atoms with E-state index in [1.54, 1.807) is 6.92 Å². The Balaban J connectivity index is 1.12. The number of rotatable bonds is 2. The Labute approximate surface area is 328 Å². The Hall–Kier alpha value is -2.79. The number of anilines is 1. The maximum Gasteiger partial charge on any atom is 0.262 e. The van der Waals surface area contributed by atoms with Gasteiger partial charge in [-0.3, -0.25) is 19.2 Å². The van der Waals surface area contributed by atoms with E-state index >= 15 is 0 Å². The number of benzene rings is 2. The van der Waals surface area contributed by atoms with Crippen molar-refractivity contribution in [3.05, 3.63) is 58.1 Å². The largest absolute Gasteiger partial charge is 0.490 e. The molecule has 0 aromatic heterocycles. The van der Waals surface area contributed by atoms with Gasteiger partial charge in [0.15, 0.2) is 0 Å². The molecule has 9 nitrogen and oxygen atoms in total. The van der Waals surface area contributed by atoms with Gasteiger partial charge in [0.25, 0.3) is 5.91 Å². The molecule has 3 fully saturated rings. The first kappa shape index (κ1) is 38.1. The van der Waals surface area contributed by atoms with Gasteiger partial charge < -0.3 is 19.4 Å². The molecule has 2 saturated heterocycles. The third-order valence-corrected chi connectivity index (χ3v) is 16.9. The zero-order chi connectivity index (χ0) is 37.8. The van der Waals surface area contributed by atoms with Gasteiger partial charge in [-0.05, 0) is 123 Å². The van der Waals surface area contributed by atoms with Crippen molar-refractivity contribution < 1.29 is 18.5 Å². The highest BCUT2D eigenvalue weighted by Crippen LogP contribution is 2.48. The topological polar surface area (TPSA) is 85.4 Å². The summed E-state index contributed by atoms with van der Waals surface area (Å²) in [5, 5.41) is 0.521. The van der Waals surface area contributed by atoms with Crippen LogP contribution in [0.15, 0.2) is 36.4 Å². The van der Waals surface area contributed by atoms with E-state index in [0.717, 1.165) is 114 Å². The highest BCUT2D eigenvalue weighted by atomic mass is 35.5. The number of piperazine rings is 2. The number of ether oxygens (including phenoxy) is 1. The molecule has 2 aromatic rings. The Morgan fingerprint density at radius 1 is 1.02 bits per heavy atom. The molecule has 2 amide bonds. The highest BCUT2D eigenvalue weighted by molar-refractivity contribution is 7.99. The highest BCUT2D eigenvalue weighted by Gasteiger charge is 2.45. The fourth-order valence-corrected chi connectivity index (χ4v) is 12.5. The van der Waals surface area contributed by atoms with Crippen LogP contribution < -0.4 is 14.4 Å². The van der Waals surface area contributed by atoms with Crippen molar-refractivity contribution >= 4 is 44.7 Å². The molecule has 1 saturated carbocycles. The minimum Gasteiger partial charge on any atom is -0.490 e. The number of hydrogen-bond donors (Lipinski definition) is 1. The predicted octanol–water partition coefficient (Wildman–Crippen LogP) is 5.87. The van der Waals surface area contributed by atoms with Crippen LogP contribution in [0.5, 0.6) is 5.75 Å². The van der Waals surface area contributed by atoms with Crippen LogP contribution in [-0.4, -0.2) is 113 Å². The van der Waals surface area contributed by atoms with Crippen molar-refractivity contribution in [2.75, 3.05) is 70.4 Å². The Morgan fingerprint density at radius 3 is 2.65 bits per heavy atom. The molecule has 54 heavy (non-hydrogen) atoms. The molecule has 11 heteroatoms. The number of nitrogens with one attached hydrogen (secondary N) is 1. The number of halogens is 1. The van der Waals surface area contributed by atoms with Gasteiger partial charge in [0.2, 0.25) is 5.91 Å². The van der Waals surface area contributed by atoms with Crippen LogP contribution in [0.25, 0.3) is 0 Å². The van der Waals surface area contributed by atoms with E-state index in [0.29, 0.717) is 36.0 Å². The predicted molar refractivity (Wildman–Crippen MR) is 219 cm³/mol. The average molecular weight is 779 g/mol. The molecule has 2 bridgehead atoms. The van der Waals surface area contributed by atoms with Gasteiger partial charge in [0, 0.05) is 93.1 Å². The molecule has 294 valence electrons. The first-order valence-corrected chi connectivity index (χ1v) is 22.8. The van der Waals surface area contributed by atoms with Gasteiger partial charge in [0.05, 0.1) is 22.0 Å². The summed E-state index contributed by atoms with van der Waals surface area (Å²) in [7, 11) is -2.90. The SMILES string of the molecule is C=S1(=O)NC(=O)c2ccc3c(c2)N(C[C@@H]2CC[C@H]2[C@H](CN2CCN4CCN(C(C)=O)C[C@H]4C2)CCC[C@H](C)[C@H]1C)C[C@@]1(CCCc2cc(Cl)ccc21)CO3. The average Bonchev–Trinajstić information content (AvgIpc) is 3.28. The number of fused-ring (bicyclic) bond motifs is 5. The summed E-state index contributed by atoms with van der Waals surface area (Å²) in [5.41, 5.74) is 3.90. The summed E-state index contributed by atoms with van der Waals surface area (Å²) >= 11 is 6.53. The molecular formula is C43H60ClN5O4S. The fraction of sp³-hybridized carbons (Fsp3) is 0.651. The second-order valence-corrected chi connectivity index (χ2v) is 20.6. The van der Waals surface area contributed by atoms with E-state index in [1.165, 1.54) is 24.0 Å². The molecule has 8 rings (SSSR count). The van der Waals surface area contributed by atoms with Crippen molar-refractivity contribution in [2.45, 2.75) is 88.8 Å². The van der Waals surface area contributed by atoms with Crippen LogP contribution in [0.3, 0.4) is 0 Å². The monoisotopic (exact) mass is 777 g/mol. The standard InChI is InChI=1S/C43H60ClN5O4S/c1-29-7-5-8-34(23-46-17-18-47-19-20-48(31(3)50)26-37(47)25-46)38-13-10-35(38)24-49-27-43(16-6-9-32-21-36(44)12-14-39(32)43)28-53-41-15-11-33(22-40(41)49)42(51)45-54(4,52)30(29)2/h11-12,14-15,21-22,29-30,34-35,37-38H,4-10,13,16-20,23-28H2,1-3H3,(H,45,51,52)/t29-,30+,34-,35-,37+,38-,43-,54?/m0/s1. The minimum atomic E-state index is -2.90. The Bertz CT molecular complexity index is 1860. The molecule has 1 N–H and O–H groups in total. The van der Waals surface area contributed by atoms with E-state index in [9.17, 15) is 13.8 Å². The normalized spacial score (nSPS) is 35.1. The summed E-state index contributed by atoms with van der Waals surface area (Å²) < 4.78 is 23.7. The molecule has 2 aromatic carbocycles. The molecule has 2 aliphatic carbocycles. The molecule has 8 atom stereocenters. The van der Waals surface area contributed by atoms with Crippen LogP contribution in [0.4, 0.5) is 5.69 Å². The minimum absolute atomic E-state index is 0.157. The molecular weight excluding hydrogens is 718 g/mol. The number of carbonyl (C=O) groups excluding carboxylic acids is 2. The van der Waals surface area contributed by atoms with Crippen LogP contribution in [0.2, 0.25) is 5.02 Å². The summed E-state index contributed by atoms with van der Waals surface area (Å²) in [5.74, 6) is 6.61. The molecule has 4 heterocycles. The lowest BCUT2D eigenvalue weighted by atomic mass is 9.65. The van der Waals surface area contributed by atoms with Crippen molar-refractivity contribution in [3.8, 4) is 5.75 Å². The zero-order valence-corrected chi connectivity index (χ0v) is 34.1. The molecule has 4 aliphatic heterocycles. The first-order chi connectivity index (χ1) is 25.9. The number of nitrogens with zero attached hydrogens (tertiary/aromatic N) is 4. The van der Waals surface area contributed by atoms with Crippen LogP contribution in [0.1, 0.15) is 87.2 Å². The third-order valence-electron chi connectivity index (χ3n) is 14.5. The van der Waals surface area contributed by atoms with Gasteiger partial charge in [-0.1, -0.05) is 31.0 Å². The molecule has 6 aliphatic rings. The number of amides is 2. The van der Waals surface area contributed by atoms with Gasteiger partial charge in [-0.25, -0.2) is 4.21 Å². The maximum absolute atomic E-state index is 14.1. The van der Waals surface area contributed by atoms with Crippen LogP contribution in [-0.2, 0) is 26.3 Å². The van der Waals surface area contributed by atoms with Gasteiger partial charge in [0.1, 0.15) is 5.75 Å². The van der Waals surface area contributed by atoms with Crippen molar-refractivity contribution in [1.82, 2.24) is 19.4 Å². The number of aryl methyl sites for hydroxylation is 1. The first-order valence-electron chi connectivity index (χ1n) is 20.6. The van der Waals surface area contributed by atoms with E-state index in [-0.39, 0.29) is 28.4 Å². The fourth-order valence-electron chi connectivity index (χ4n) is 10.8. The smallest absolute Gasteiger partial charge is 0.262 e. The van der Waals surface area contributed by atoms with Gasteiger partial charge in [-0.15, -0.1) is 0 Å². The maximum atomic E-state index is 14.1. The second kappa shape index (κ2) is 15.3. The Kier molecular flexibility index (Phi) is 10.8. The van der Waals surface area contributed by atoms with Gasteiger partial charge >= 0.3 is 0 Å². The van der Waals surface area contributed by atoms with Crippen LogP contribution in [0, 0.1) is 23.7 Å². The van der Waals surface area contributed by atoms with E-state index in [4.69, 9.17) is 16.3 Å².